The van der Waals surface area contributed by atoms with Crippen molar-refractivity contribution in [2.24, 2.45) is 5.73 Å². The van der Waals surface area contributed by atoms with Crippen molar-refractivity contribution in [1.29, 1.82) is 0 Å². The van der Waals surface area contributed by atoms with Crippen LogP contribution in [-0.2, 0) is 6.42 Å². The van der Waals surface area contributed by atoms with E-state index in [1.807, 2.05) is 6.07 Å². The number of aromatic nitrogens is 1. The van der Waals surface area contributed by atoms with Crippen molar-refractivity contribution in [2.75, 3.05) is 11.4 Å². The Morgan fingerprint density at radius 1 is 1.18 bits per heavy atom. The first kappa shape index (κ1) is 14.5. The summed E-state index contributed by atoms with van der Waals surface area (Å²) in [4.78, 5) is 29.9. The maximum atomic E-state index is 12.7. The van der Waals surface area contributed by atoms with E-state index in [9.17, 15) is 9.59 Å². The Hall–Kier alpha value is -2.40. The average molecular weight is 316 g/mol. The summed E-state index contributed by atoms with van der Waals surface area (Å²) in [7, 11) is 0. The molecule has 2 N–H and O–H groups in total. The molecule has 0 unspecified atom stereocenters. The van der Waals surface area contributed by atoms with Crippen LogP contribution in [0.25, 0.3) is 0 Å². The van der Waals surface area contributed by atoms with Crippen LogP contribution in [0.3, 0.4) is 0 Å². The molecule has 0 bridgehead atoms. The predicted octanol–water partition coefficient (Wildman–Crippen LogP) is 2.43. The molecule has 0 saturated heterocycles. The third kappa shape index (κ3) is 2.44. The zero-order valence-corrected chi connectivity index (χ0v) is 12.5. The first-order valence-corrected chi connectivity index (χ1v) is 7.31. The first-order chi connectivity index (χ1) is 10.6. The second-order valence-corrected chi connectivity index (χ2v) is 5.43. The Bertz CT molecular complexity index is 761. The fraction of sp³-hybridized carbons (Fsp3) is 0.188. The molecule has 1 aliphatic heterocycles. The van der Waals surface area contributed by atoms with Gasteiger partial charge in [-0.3, -0.25) is 9.59 Å². The zero-order chi connectivity index (χ0) is 15.7. The van der Waals surface area contributed by atoms with Crippen LogP contribution in [0, 0.1) is 0 Å². The summed E-state index contributed by atoms with van der Waals surface area (Å²) in [6.45, 7) is 0.569. The fourth-order valence-electron chi connectivity index (χ4n) is 2.76. The molecule has 22 heavy (non-hydrogen) atoms. The summed E-state index contributed by atoms with van der Waals surface area (Å²) >= 11 is 6.01. The number of halogens is 1. The summed E-state index contributed by atoms with van der Waals surface area (Å²) in [5.74, 6) is -0.703. The number of carbonyl (C=O) groups is 2. The molecule has 112 valence electrons. The van der Waals surface area contributed by atoms with E-state index in [4.69, 9.17) is 17.3 Å². The van der Waals surface area contributed by atoms with Crippen LogP contribution in [0.4, 0.5) is 5.69 Å². The largest absolute Gasteiger partial charge is 0.366 e. The van der Waals surface area contributed by atoms with Crippen LogP contribution in [0.5, 0.6) is 0 Å². The number of nitrogens with zero attached hydrogens (tertiary/aromatic N) is 2. The molecule has 3 rings (SSSR count). The van der Waals surface area contributed by atoms with Crippen LogP contribution in [0.2, 0.25) is 5.15 Å². The van der Waals surface area contributed by atoms with Gasteiger partial charge in [0.25, 0.3) is 5.91 Å². The average Bonchev–Trinajstić information content (AvgIpc) is 2.53. The molecule has 2 aromatic rings. The molecule has 0 spiro atoms. The minimum Gasteiger partial charge on any atom is -0.366 e. The second kappa shape index (κ2) is 5.77. The van der Waals surface area contributed by atoms with Crippen molar-refractivity contribution < 1.29 is 9.59 Å². The molecule has 1 aromatic heterocycles. The molecule has 1 aliphatic rings. The first-order valence-electron chi connectivity index (χ1n) is 6.93. The maximum Gasteiger partial charge on any atom is 0.261 e. The third-order valence-corrected chi connectivity index (χ3v) is 4.05. The smallest absolute Gasteiger partial charge is 0.261 e. The van der Waals surface area contributed by atoms with Gasteiger partial charge in [-0.1, -0.05) is 17.7 Å². The van der Waals surface area contributed by atoms with Crippen molar-refractivity contribution in [1.82, 2.24) is 4.98 Å². The van der Waals surface area contributed by atoms with E-state index < -0.39 is 5.91 Å². The molecule has 1 aromatic carbocycles. The number of anilines is 1. The highest BCUT2D eigenvalue weighted by Crippen LogP contribution is 2.31. The zero-order valence-electron chi connectivity index (χ0n) is 11.8. The summed E-state index contributed by atoms with van der Waals surface area (Å²) in [6.07, 6.45) is 3.02. The highest BCUT2D eigenvalue weighted by Gasteiger charge is 2.27. The number of rotatable bonds is 2. The number of hydrogen-bond acceptors (Lipinski definition) is 3. The summed E-state index contributed by atoms with van der Waals surface area (Å²) in [5.41, 5.74) is 7.76. The summed E-state index contributed by atoms with van der Waals surface area (Å²) < 4.78 is 0. The third-order valence-electron chi connectivity index (χ3n) is 3.75. The van der Waals surface area contributed by atoms with E-state index in [1.165, 1.54) is 6.20 Å². The Morgan fingerprint density at radius 3 is 2.68 bits per heavy atom. The van der Waals surface area contributed by atoms with E-state index in [-0.39, 0.29) is 11.1 Å². The van der Waals surface area contributed by atoms with Crippen molar-refractivity contribution >= 4 is 29.1 Å². The molecular formula is C16H14ClN3O2. The minimum atomic E-state index is -0.481. The molecule has 6 heteroatoms. The van der Waals surface area contributed by atoms with Crippen molar-refractivity contribution in [3.63, 3.8) is 0 Å². The maximum absolute atomic E-state index is 12.7. The number of fused-ring (bicyclic) bond motifs is 1. The van der Waals surface area contributed by atoms with Crippen LogP contribution >= 0.6 is 11.6 Å². The molecule has 0 aliphatic carbocycles. The number of benzene rings is 1. The van der Waals surface area contributed by atoms with Crippen LogP contribution < -0.4 is 10.6 Å². The number of hydrogen-bond donors (Lipinski definition) is 1. The molecule has 5 nitrogen and oxygen atoms in total. The fourth-order valence-corrected chi connectivity index (χ4v) is 2.96. The summed E-state index contributed by atoms with van der Waals surface area (Å²) in [6, 6.07) is 8.55. The van der Waals surface area contributed by atoms with Gasteiger partial charge in [-0.15, -0.1) is 0 Å². The van der Waals surface area contributed by atoms with Gasteiger partial charge in [-0.05, 0) is 42.7 Å². The van der Waals surface area contributed by atoms with Crippen LogP contribution in [0.15, 0.2) is 36.5 Å². The molecule has 2 heterocycles. The number of pyridine rings is 1. The lowest BCUT2D eigenvalue weighted by Gasteiger charge is -2.30. The minimum absolute atomic E-state index is 0.172. The van der Waals surface area contributed by atoms with E-state index in [0.717, 1.165) is 18.4 Å². The lowest BCUT2D eigenvalue weighted by molar-refractivity contribution is 0.0977. The summed E-state index contributed by atoms with van der Waals surface area (Å²) in [5, 5.41) is 0.172. The predicted molar refractivity (Wildman–Crippen MR) is 84.2 cm³/mol. The Balaban J connectivity index is 2.06. The van der Waals surface area contributed by atoms with Gasteiger partial charge in [0.2, 0.25) is 5.91 Å². The molecular weight excluding hydrogens is 302 g/mol. The van der Waals surface area contributed by atoms with Gasteiger partial charge < -0.3 is 10.6 Å². The SMILES string of the molecule is NC(=O)c1cccc2c1CCCN2C(=O)c1cccnc1Cl. The highest BCUT2D eigenvalue weighted by atomic mass is 35.5. The van der Waals surface area contributed by atoms with E-state index in [1.54, 1.807) is 29.2 Å². The standard InChI is InChI=1S/C16H14ClN3O2/c17-14-12(5-2-8-19-14)16(22)20-9-3-6-10-11(15(18)21)4-1-7-13(10)20/h1-2,4-5,7-8H,3,6,9H2,(H2,18,21). The second-order valence-electron chi connectivity index (χ2n) is 5.07. The van der Waals surface area contributed by atoms with E-state index in [2.05, 4.69) is 4.98 Å². The quantitative estimate of drug-likeness (QED) is 0.865. The number of nitrogens with two attached hydrogens (primary N) is 1. The van der Waals surface area contributed by atoms with Crippen LogP contribution in [-0.4, -0.2) is 23.3 Å². The topological polar surface area (TPSA) is 76.3 Å². The molecule has 0 fully saturated rings. The Morgan fingerprint density at radius 2 is 1.95 bits per heavy atom. The molecule has 0 saturated carbocycles. The highest BCUT2D eigenvalue weighted by molar-refractivity contribution is 6.33. The number of amides is 2. The monoisotopic (exact) mass is 315 g/mol. The van der Waals surface area contributed by atoms with Gasteiger partial charge in [0, 0.05) is 24.0 Å². The van der Waals surface area contributed by atoms with Crippen molar-refractivity contribution in [3.8, 4) is 0 Å². The van der Waals surface area contributed by atoms with Gasteiger partial charge in [0.15, 0.2) is 0 Å². The molecule has 0 atom stereocenters. The number of primary amides is 1. The Kier molecular flexibility index (Phi) is 3.81. The van der Waals surface area contributed by atoms with Crippen LogP contribution in [0.1, 0.15) is 32.7 Å². The molecule has 2 amide bonds. The van der Waals surface area contributed by atoms with E-state index >= 15 is 0 Å². The van der Waals surface area contributed by atoms with Crippen molar-refractivity contribution in [3.05, 3.63) is 58.4 Å². The lowest BCUT2D eigenvalue weighted by Crippen LogP contribution is -2.36. The number of carbonyl (C=O) groups excluding carboxylic acids is 2. The molecule has 0 radical (unpaired) electrons. The van der Waals surface area contributed by atoms with Gasteiger partial charge in [-0.2, -0.15) is 0 Å². The van der Waals surface area contributed by atoms with Gasteiger partial charge in [-0.25, -0.2) is 4.98 Å². The van der Waals surface area contributed by atoms with E-state index in [0.29, 0.717) is 23.4 Å². The Labute approximate surface area is 132 Å². The van der Waals surface area contributed by atoms with Gasteiger partial charge >= 0.3 is 0 Å². The van der Waals surface area contributed by atoms with Gasteiger partial charge in [0.1, 0.15) is 5.15 Å². The van der Waals surface area contributed by atoms with Gasteiger partial charge in [0.05, 0.1) is 5.56 Å². The normalized spacial score (nSPS) is 13.6. The lowest BCUT2D eigenvalue weighted by atomic mass is 9.95. The van der Waals surface area contributed by atoms with Crippen molar-refractivity contribution in [2.45, 2.75) is 12.8 Å².